The normalized spacial score (nSPS) is 13.1. The summed E-state index contributed by atoms with van der Waals surface area (Å²) in [5.41, 5.74) is 1.02. The van der Waals surface area contributed by atoms with Crippen LogP contribution in [0.1, 0.15) is 23.7 Å². The van der Waals surface area contributed by atoms with Crippen molar-refractivity contribution in [1.29, 1.82) is 0 Å². The third-order valence-electron chi connectivity index (χ3n) is 4.38. The number of aryl methyl sites for hydroxylation is 1. The molecule has 0 fully saturated rings. The van der Waals surface area contributed by atoms with Gasteiger partial charge in [0.1, 0.15) is 0 Å². The van der Waals surface area contributed by atoms with Gasteiger partial charge in [-0.1, -0.05) is 34.5 Å². The van der Waals surface area contributed by atoms with Gasteiger partial charge in [-0.05, 0) is 25.1 Å². The van der Waals surface area contributed by atoms with Crippen LogP contribution in [-0.2, 0) is 16.1 Å². The number of nitrogens with zero attached hydrogens (tertiary/aromatic N) is 2. The van der Waals surface area contributed by atoms with Crippen LogP contribution < -0.4 is 14.3 Å². The van der Waals surface area contributed by atoms with Gasteiger partial charge >= 0.3 is 5.97 Å². The van der Waals surface area contributed by atoms with Gasteiger partial charge in [0.2, 0.25) is 6.79 Å². The molecule has 3 aromatic rings. The first-order chi connectivity index (χ1) is 14.5. The number of hydrogen-bond donors (Lipinski definition) is 0. The number of carbonyl (C=O) groups is 2. The molecule has 4 rings (SSSR count). The maximum Gasteiger partial charge on any atom is 0.307 e. The summed E-state index contributed by atoms with van der Waals surface area (Å²) in [5.74, 6) is 0.389. The topological polar surface area (TPSA) is 79.1 Å². The quantitative estimate of drug-likeness (QED) is 0.519. The van der Waals surface area contributed by atoms with E-state index in [0.717, 1.165) is 10.2 Å². The Morgan fingerprint density at radius 1 is 1.20 bits per heavy atom. The predicted octanol–water partition coefficient (Wildman–Crippen LogP) is 4.43. The molecule has 2 aromatic carbocycles. The van der Waals surface area contributed by atoms with Gasteiger partial charge in [0.05, 0.1) is 33.8 Å². The van der Waals surface area contributed by atoms with E-state index in [1.54, 1.807) is 17.6 Å². The molecule has 0 bridgehead atoms. The number of hydrogen-bond acceptors (Lipinski definition) is 6. The number of fused-ring (bicyclic) bond motifs is 2. The van der Waals surface area contributed by atoms with Crippen molar-refractivity contribution in [3.8, 4) is 11.5 Å². The van der Waals surface area contributed by atoms with Crippen LogP contribution in [0.4, 0.5) is 0 Å². The monoisotopic (exact) mass is 466 g/mol. The fourth-order valence-corrected chi connectivity index (χ4v) is 4.56. The summed E-state index contributed by atoms with van der Waals surface area (Å²) in [6.07, 6.45) is 0.136. The SMILES string of the molecule is CCOC(=O)CCn1c(=NC(=O)c2ccc(Cl)cc2Cl)sc2cc3c(cc21)OCO3. The lowest BCUT2D eigenvalue weighted by atomic mass is 10.2. The van der Waals surface area contributed by atoms with Crippen LogP contribution in [0.3, 0.4) is 0 Å². The molecule has 30 heavy (non-hydrogen) atoms. The molecule has 0 aliphatic carbocycles. The molecular formula is C20H16Cl2N2O5S. The first kappa shape index (κ1) is 20.7. The first-order valence-corrected chi connectivity index (χ1v) is 10.7. The van der Waals surface area contributed by atoms with E-state index in [1.165, 1.54) is 23.5 Å². The van der Waals surface area contributed by atoms with Crippen molar-refractivity contribution in [3.63, 3.8) is 0 Å². The Morgan fingerprint density at radius 2 is 1.97 bits per heavy atom. The van der Waals surface area contributed by atoms with E-state index < -0.39 is 5.91 Å². The molecule has 1 aliphatic heterocycles. The first-order valence-electron chi connectivity index (χ1n) is 9.09. The Balaban J connectivity index is 1.79. The van der Waals surface area contributed by atoms with Gasteiger partial charge in [-0.3, -0.25) is 9.59 Å². The standard InChI is InChI=1S/C20H16Cl2N2O5S/c1-2-27-18(25)5-6-24-14-8-15-16(29-10-28-15)9-17(14)30-20(24)23-19(26)12-4-3-11(21)7-13(12)22/h3-4,7-9H,2,5-6,10H2,1H3. The maximum atomic E-state index is 12.8. The summed E-state index contributed by atoms with van der Waals surface area (Å²) in [6, 6.07) is 8.25. The fourth-order valence-electron chi connectivity index (χ4n) is 3.01. The Labute approximate surface area is 185 Å². The van der Waals surface area contributed by atoms with Gasteiger partial charge in [-0.25, -0.2) is 0 Å². The summed E-state index contributed by atoms with van der Waals surface area (Å²) in [7, 11) is 0. The molecule has 0 radical (unpaired) electrons. The molecule has 1 amide bonds. The van der Waals surface area contributed by atoms with E-state index in [0.29, 0.717) is 34.5 Å². The number of ether oxygens (including phenoxy) is 3. The summed E-state index contributed by atoms with van der Waals surface area (Å²) in [6.45, 7) is 2.50. The van der Waals surface area contributed by atoms with Crippen LogP contribution in [0.2, 0.25) is 10.0 Å². The molecule has 1 aliphatic rings. The molecular weight excluding hydrogens is 451 g/mol. The minimum absolute atomic E-state index is 0.136. The molecule has 156 valence electrons. The third kappa shape index (κ3) is 4.16. The number of halogens is 2. The Morgan fingerprint density at radius 3 is 2.70 bits per heavy atom. The predicted molar refractivity (Wildman–Crippen MR) is 114 cm³/mol. The van der Waals surface area contributed by atoms with Gasteiger partial charge in [0.15, 0.2) is 16.3 Å². The molecule has 0 unspecified atom stereocenters. The number of carbonyl (C=O) groups excluding carboxylic acids is 2. The van der Waals surface area contributed by atoms with E-state index >= 15 is 0 Å². The van der Waals surface area contributed by atoms with E-state index in [2.05, 4.69) is 4.99 Å². The molecule has 0 spiro atoms. The lowest BCUT2D eigenvalue weighted by Crippen LogP contribution is -2.19. The molecule has 10 heteroatoms. The maximum absolute atomic E-state index is 12.8. The van der Waals surface area contributed by atoms with Gasteiger partial charge in [0, 0.05) is 23.7 Å². The van der Waals surface area contributed by atoms with Gasteiger partial charge in [0.25, 0.3) is 5.91 Å². The highest BCUT2D eigenvalue weighted by Gasteiger charge is 2.19. The molecule has 0 saturated heterocycles. The fraction of sp³-hybridized carbons (Fsp3) is 0.250. The second-order valence-electron chi connectivity index (χ2n) is 6.31. The largest absolute Gasteiger partial charge is 0.466 e. The Kier molecular flexibility index (Phi) is 5.99. The highest BCUT2D eigenvalue weighted by atomic mass is 35.5. The third-order valence-corrected chi connectivity index (χ3v) is 5.97. The summed E-state index contributed by atoms with van der Waals surface area (Å²) in [4.78, 5) is 29.4. The smallest absolute Gasteiger partial charge is 0.307 e. The summed E-state index contributed by atoms with van der Waals surface area (Å²) >= 11 is 13.4. The minimum atomic E-state index is -0.506. The van der Waals surface area contributed by atoms with Crippen LogP contribution in [0.15, 0.2) is 35.3 Å². The van der Waals surface area contributed by atoms with Crippen LogP contribution in [-0.4, -0.2) is 29.8 Å². The summed E-state index contributed by atoms with van der Waals surface area (Å²) in [5, 5.41) is 0.647. The van der Waals surface area contributed by atoms with Crippen molar-refractivity contribution >= 4 is 56.6 Å². The second kappa shape index (κ2) is 8.67. The highest BCUT2D eigenvalue weighted by Crippen LogP contribution is 2.37. The number of esters is 1. The van der Waals surface area contributed by atoms with Gasteiger partial charge < -0.3 is 18.8 Å². The van der Waals surface area contributed by atoms with Gasteiger partial charge in [-0.15, -0.1) is 0 Å². The average molecular weight is 467 g/mol. The minimum Gasteiger partial charge on any atom is -0.466 e. The van der Waals surface area contributed by atoms with Crippen LogP contribution in [0.25, 0.3) is 10.2 Å². The highest BCUT2D eigenvalue weighted by molar-refractivity contribution is 7.16. The lowest BCUT2D eigenvalue weighted by molar-refractivity contribution is -0.143. The number of amides is 1. The molecule has 2 heterocycles. The Hall–Kier alpha value is -2.55. The average Bonchev–Trinajstić information content (AvgIpc) is 3.28. The van der Waals surface area contributed by atoms with Crippen LogP contribution in [0.5, 0.6) is 11.5 Å². The van der Waals surface area contributed by atoms with E-state index in [1.807, 2.05) is 12.1 Å². The van der Waals surface area contributed by atoms with Crippen molar-refractivity contribution in [2.75, 3.05) is 13.4 Å². The summed E-state index contributed by atoms with van der Waals surface area (Å²) < 4.78 is 18.6. The van der Waals surface area contributed by atoms with Crippen molar-refractivity contribution in [1.82, 2.24) is 4.57 Å². The number of thiazole rings is 1. The number of rotatable bonds is 5. The van der Waals surface area contributed by atoms with E-state index in [-0.39, 0.29) is 29.8 Å². The van der Waals surface area contributed by atoms with E-state index in [9.17, 15) is 9.59 Å². The number of benzene rings is 2. The van der Waals surface area contributed by atoms with Crippen LogP contribution >= 0.6 is 34.5 Å². The van der Waals surface area contributed by atoms with Crippen molar-refractivity contribution in [3.05, 3.63) is 50.7 Å². The second-order valence-corrected chi connectivity index (χ2v) is 8.16. The van der Waals surface area contributed by atoms with Crippen LogP contribution in [0, 0.1) is 0 Å². The molecule has 1 aromatic heterocycles. The zero-order valence-corrected chi connectivity index (χ0v) is 18.1. The Bertz CT molecular complexity index is 1220. The van der Waals surface area contributed by atoms with Crippen molar-refractivity contribution in [2.45, 2.75) is 19.9 Å². The molecule has 0 saturated carbocycles. The molecule has 0 N–H and O–H groups in total. The zero-order chi connectivity index (χ0) is 21.3. The van der Waals surface area contributed by atoms with Crippen molar-refractivity contribution in [2.24, 2.45) is 4.99 Å². The molecule has 0 atom stereocenters. The van der Waals surface area contributed by atoms with Crippen molar-refractivity contribution < 1.29 is 23.8 Å². The lowest BCUT2D eigenvalue weighted by Gasteiger charge is -2.06. The zero-order valence-electron chi connectivity index (χ0n) is 15.8. The number of aromatic nitrogens is 1. The molecule has 7 nitrogen and oxygen atoms in total. The van der Waals surface area contributed by atoms with Gasteiger partial charge in [-0.2, -0.15) is 4.99 Å². The van der Waals surface area contributed by atoms with E-state index in [4.69, 9.17) is 37.4 Å².